The van der Waals surface area contributed by atoms with Gasteiger partial charge in [-0.3, -0.25) is 9.89 Å². The summed E-state index contributed by atoms with van der Waals surface area (Å²) in [7, 11) is 1.72. The standard InChI is InChI=1S/C23H35N5OS.HI/c1-4-20-16-26-22(30-20)11-12-25-23(24-5-2)27-17-21(28-13-6-7-14-28)18-9-8-10-19(15-18)29-3;/h8-10,15-16,21H,4-7,11-14,17H2,1-3H3,(H2,24,25,27);1H. The van der Waals surface area contributed by atoms with Crippen LogP contribution >= 0.6 is 35.3 Å². The first-order valence-electron chi connectivity index (χ1n) is 11.1. The van der Waals surface area contributed by atoms with Gasteiger partial charge in [-0.15, -0.1) is 35.3 Å². The molecule has 2 aromatic rings. The zero-order valence-corrected chi connectivity index (χ0v) is 22.0. The third-order valence-corrected chi connectivity index (χ3v) is 6.61. The van der Waals surface area contributed by atoms with Crippen LogP contribution in [0, 0.1) is 0 Å². The predicted molar refractivity (Wildman–Crippen MR) is 141 cm³/mol. The normalized spacial score (nSPS) is 15.4. The van der Waals surface area contributed by atoms with Crippen molar-refractivity contribution in [2.75, 3.05) is 39.8 Å². The Morgan fingerprint density at radius 1 is 1.26 bits per heavy atom. The first-order valence-corrected chi connectivity index (χ1v) is 11.9. The van der Waals surface area contributed by atoms with Crippen molar-refractivity contribution in [3.63, 3.8) is 0 Å². The number of hydrogen-bond acceptors (Lipinski definition) is 5. The molecule has 1 aromatic heterocycles. The topological polar surface area (TPSA) is 61.8 Å². The molecular formula is C23H36IN5OS. The Morgan fingerprint density at radius 3 is 2.74 bits per heavy atom. The van der Waals surface area contributed by atoms with Crippen molar-refractivity contribution in [3.05, 3.63) is 45.9 Å². The Labute approximate surface area is 207 Å². The van der Waals surface area contributed by atoms with E-state index in [1.807, 2.05) is 12.3 Å². The second kappa shape index (κ2) is 13.9. The third-order valence-electron chi connectivity index (χ3n) is 5.41. The molecule has 1 aliphatic heterocycles. The summed E-state index contributed by atoms with van der Waals surface area (Å²) in [6.07, 6.45) is 6.48. The maximum absolute atomic E-state index is 5.45. The van der Waals surface area contributed by atoms with Crippen LogP contribution in [-0.4, -0.2) is 55.7 Å². The van der Waals surface area contributed by atoms with E-state index in [0.717, 1.165) is 57.3 Å². The van der Waals surface area contributed by atoms with E-state index in [2.05, 4.69) is 52.6 Å². The molecular weight excluding hydrogens is 521 g/mol. The fourth-order valence-corrected chi connectivity index (χ4v) is 4.63. The smallest absolute Gasteiger partial charge is 0.191 e. The second-order valence-electron chi connectivity index (χ2n) is 7.51. The van der Waals surface area contributed by atoms with E-state index in [9.17, 15) is 0 Å². The lowest BCUT2D eigenvalue weighted by atomic mass is 10.1. The van der Waals surface area contributed by atoms with Crippen molar-refractivity contribution < 1.29 is 4.74 Å². The van der Waals surface area contributed by atoms with E-state index >= 15 is 0 Å². The highest BCUT2D eigenvalue weighted by Crippen LogP contribution is 2.27. The fourth-order valence-electron chi connectivity index (χ4n) is 3.77. The minimum Gasteiger partial charge on any atom is -0.497 e. The number of nitrogens with zero attached hydrogens (tertiary/aromatic N) is 3. The number of likely N-dealkylation sites (tertiary alicyclic amines) is 1. The van der Waals surface area contributed by atoms with Gasteiger partial charge in [-0.1, -0.05) is 19.1 Å². The summed E-state index contributed by atoms with van der Waals surface area (Å²) in [6.45, 7) is 8.93. The first kappa shape index (κ1) is 25.9. The maximum Gasteiger partial charge on any atom is 0.191 e. The van der Waals surface area contributed by atoms with Crippen LogP contribution in [0.25, 0.3) is 0 Å². The van der Waals surface area contributed by atoms with Crippen LogP contribution in [-0.2, 0) is 12.8 Å². The van der Waals surface area contributed by atoms with Crippen LogP contribution < -0.4 is 15.4 Å². The Bertz CT molecular complexity index is 807. The predicted octanol–water partition coefficient (Wildman–Crippen LogP) is 4.27. The minimum atomic E-state index is 0. The molecule has 0 radical (unpaired) electrons. The monoisotopic (exact) mass is 557 g/mol. The molecule has 1 unspecified atom stereocenters. The Kier molecular flexibility index (Phi) is 11.6. The minimum absolute atomic E-state index is 0. The number of thiazole rings is 1. The molecule has 2 N–H and O–H groups in total. The molecule has 1 aliphatic rings. The number of aryl methyl sites for hydroxylation is 1. The Hall–Kier alpha value is -1.39. The van der Waals surface area contributed by atoms with Gasteiger partial charge < -0.3 is 15.4 Å². The highest BCUT2D eigenvalue weighted by atomic mass is 127. The van der Waals surface area contributed by atoms with E-state index in [1.54, 1.807) is 18.4 Å². The molecule has 0 saturated carbocycles. The summed E-state index contributed by atoms with van der Waals surface area (Å²) in [5.74, 6) is 1.78. The van der Waals surface area contributed by atoms with Crippen molar-refractivity contribution in [3.8, 4) is 5.75 Å². The quantitative estimate of drug-likeness (QED) is 0.260. The summed E-state index contributed by atoms with van der Waals surface area (Å²) >= 11 is 1.80. The highest BCUT2D eigenvalue weighted by molar-refractivity contribution is 14.0. The van der Waals surface area contributed by atoms with E-state index < -0.39 is 0 Å². The molecule has 0 bridgehead atoms. The Balaban J connectivity index is 0.00000341. The fraction of sp³-hybridized carbons (Fsp3) is 0.565. The SMILES string of the molecule is CCNC(=NCC(c1cccc(OC)c1)N1CCCC1)NCCc1ncc(CC)s1.I. The summed E-state index contributed by atoms with van der Waals surface area (Å²) in [4.78, 5) is 13.3. The van der Waals surface area contributed by atoms with Crippen LogP contribution in [0.3, 0.4) is 0 Å². The molecule has 172 valence electrons. The van der Waals surface area contributed by atoms with E-state index in [0.29, 0.717) is 0 Å². The van der Waals surface area contributed by atoms with Gasteiger partial charge in [0.1, 0.15) is 5.75 Å². The number of halogens is 1. The van der Waals surface area contributed by atoms with Gasteiger partial charge in [-0.05, 0) is 57.0 Å². The van der Waals surface area contributed by atoms with E-state index in [-0.39, 0.29) is 30.0 Å². The molecule has 0 aliphatic carbocycles. The average Bonchev–Trinajstić information content (AvgIpc) is 3.46. The first-order chi connectivity index (χ1) is 14.7. The van der Waals surface area contributed by atoms with Crippen molar-refractivity contribution in [1.82, 2.24) is 20.5 Å². The zero-order valence-electron chi connectivity index (χ0n) is 18.9. The lowest BCUT2D eigenvalue weighted by Gasteiger charge is -2.27. The van der Waals surface area contributed by atoms with Crippen molar-refractivity contribution in [2.24, 2.45) is 4.99 Å². The van der Waals surface area contributed by atoms with E-state index in [1.165, 1.54) is 28.3 Å². The van der Waals surface area contributed by atoms with Gasteiger partial charge in [0.2, 0.25) is 0 Å². The molecule has 6 nitrogen and oxygen atoms in total. The number of benzene rings is 1. The number of methoxy groups -OCH3 is 1. The number of ether oxygens (including phenoxy) is 1. The summed E-state index contributed by atoms with van der Waals surface area (Å²) in [6, 6.07) is 8.68. The number of aromatic nitrogens is 1. The van der Waals surface area contributed by atoms with Gasteiger partial charge >= 0.3 is 0 Å². The largest absolute Gasteiger partial charge is 0.497 e. The molecule has 1 fully saturated rings. The molecule has 0 spiro atoms. The number of aliphatic imine (C=N–C) groups is 1. The summed E-state index contributed by atoms with van der Waals surface area (Å²) < 4.78 is 5.45. The van der Waals surface area contributed by atoms with Crippen LogP contribution in [0.5, 0.6) is 5.75 Å². The third kappa shape index (κ3) is 7.91. The highest BCUT2D eigenvalue weighted by Gasteiger charge is 2.23. The van der Waals surface area contributed by atoms with Crippen LogP contribution in [0.1, 0.15) is 48.2 Å². The van der Waals surface area contributed by atoms with Crippen molar-refractivity contribution in [2.45, 2.75) is 45.6 Å². The van der Waals surface area contributed by atoms with Gasteiger partial charge in [0.25, 0.3) is 0 Å². The van der Waals surface area contributed by atoms with Gasteiger partial charge in [-0.25, -0.2) is 4.98 Å². The summed E-state index contributed by atoms with van der Waals surface area (Å²) in [5.41, 5.74) is 1.27. The van der Waals surface area contributed by atoms with Gasteiger partial charge in [0, 0.05) is 30.6 Å². The lowest BCUT2D eigenvalue weighted by Crippen LogP contribution is -2.39. The molecule has 3 rings (SSSR count). The van der Waals surface area contributed by atoms with Crippen LogP contribution in [0.15, 0.2) is 35.5 Å². The molecule has 1 atom stereocenters. The van der Waals surface area contributed by atoms with Crippen LogP contribution in [0.2, 0.25) is 0 Å². The van der Waals surface area contributed by atoms with E-state index in [4.69, 9.17) is 9.73 Å². The number of hydrogen-bond donors (Lipinski definition) is 2. The molecule has 1 saturated heterocycles. The molecule has 31 heavy (non-hydrogen) atoms. The van der Waals surface area contributed by atoms with Gasteiger partial charge in [0.05, 0.1) is 24.7 Å². The number of rotatable bonds is 10. The molecule has 0 amide bonds. The van der Waals surface area contributed by atoms with Crippen LogP contribution in [0.4, 0.5) is 0 Å². The van der Waals surface area contributed by atoms with Crippen molar-refractivity contribution >= 4 is 41.3 Å². The number of nitrogens with one attached hydrogen (secondary N) is 2. The number of guanidine groups is 1. The summed E-state index contributed by atoms with van der Waals surface area (Å²) in [5, 5.41) is 8.04. The van der Waals surface area contributed by atoms with Crippen molar-refractivity contribution in [1.29, 1.82) is 0 Å². The van der Waals surface area contributed by atoms with Gasteiger partial charge in [0.15, 0.2) is 5.96 Å². The van der Waals surface area contributed by atoms with Gasteiger partial charge in [-0.2, -0.15) is 0 Å². The molecule has 2 heterocycles. The Morgan fingerprint density at radius 2 is 2.06 bits per heavy atom. The average molecular weight is 558 g/mol. The lowest BCUT2D eigenvalue weighted by molar-refractivity contribution is 0.251. The second-order valence-corrected chi connectivity index (χ2v) is 8.71. The maximum atomic E-state index is 5.45. The molecule has 1 aromatic carbocycles. The molecule has 8 heteroatoms. The zero-order chi connectivity index (χ0) is 21.2.